The van der Waals surface area contributed by atoms with E-state index in [0.29, 0.717) is 0 Å². The van der Waals surface area contributed by atoms with Crippen LogP contribution >= 0.6 is 15.6 Å². The average molecular weight is 310 g/mol. The molecule has 6 N–H and O–H groups in total. The molecular weight excluding hydrogens is 298 g/mol. The minimum absolute atomic E-state index is 0.238. The third-order valence-electron chi connectivity index (χ3n) is 1.54. The van der Waals surface area contributed by atoms with Crippen molar-refractivity contribution in [3.05, 3.63) is 0 Å². The monoisotopic (exact) mass is 310 g/mol. The highest BCUT2D eigenvalue weighted by atomic mass is 31.2. The third kappa shape index (κ3) is 7.29. The number of phosphoric ester groups is 2. The van der Waals surface area contributed by atoms with Crippen LogP contribution in [0.2, 0.25) is 0 Å². The topological polar surface area (TPSA) is 191 Å². The van der Waals surface area contributed by atoms with Crippen molar-refractivity contribution >= 4 is 21.9 Å². The first-order chi connectivity index (χ1) is 8.00. The molecule has 0 heterocycles. The van der Waals surface area contributed by atoms with Crippen LogP contribution in [0.3, 0.4) is 0 Å². The number of aldehydes is 1. The van der Waals surface area contributed by atoms with Gasteiger partial charge in [0.15, 0.2) is 12.4 Å². The molecule has 0 aromatic heterocycles. The van der Waals surface area contributed by atoms with Crippen molar-refractivity contribution in [1.82, 2.24) is 0 Å². The van der Waals surface area contributed by atoms with Gasteiger partial charge in [0.1, 0.15) is 12.2 Å². The van der Waals surface area contributed by atoms with E-state index in [1.54, 1.807) is 0 Å². The second kappa shape index (κ2) is 6.83. The van der Waals surface area contributed by atoms with Crippen LogP contribution < -0.4 is 0 Å². The Kier molecular flexibility index (Phi) is 6.75. The lowest BCUT2D eigenvalue weighted by Crippen LogP contribution is -2.43. The van der Waals surface area contributed by atoms with Crippen LogP contribution in [-0.2, 0) is 23.0 Å². The number of hydrogen-bond donors (Lipinski definition) is 6. The number of hydrogen-bond acceptors (Lipinski definition) is 7. The molecule has 108 valence electrons. The van der Waals surface area contributed by atoms with Gasteiger partial charge in [-0.2, -0.15) is 0 Å². The summed E-state index contributed by atoms with van der Waals surface area (Å²) in [5.74, 6) is 0. The Morgan fingerprint density at radius 1 is 1.06 bits per heavy atom. The molecule has 13 heteroatoms. The van der Waals surface area contributed by atoms with Crippen molar-refractivity contribution in [2.45, 2.75) is 18.3 Å². The number of aliphatic hydroxyl groups is 2. The Morgan fingerprint density at radius 3 is 1.78 bits per heavy atom. The Balaban J connectivity index is 5.08. The van der Waals surface area contributed by atoms with Gasteiger partial charge in [0.05, 0.1) is 6.61 Å². The zero-order chi connectivity index (χ0) is 14.6. The molecule has 0 aliphatic rings. The number of rotatable bonds is 8. The quantitative estimate of drug-likeness (QED) is 0.205. The van der Waals surface area contributed by atoms with Crippen molar-refractivity contribution in [2.75, 3.05) is 6.61 Å². The van der Waals surface area contributed by atoms with Gasteiger partial charge >= 0.3 is 15.6 Å². The molecule has 0 aliphatic carbocycles. The van der Waals surface area contributed by atoms with Gasteiger partial charge in [0, 0.05) is 0 Å². The summed E-state index contributed by atoms with van der Waals surface area (Å²) < 4.78 is 28.9. The van der Waals surface area contributed by atoms with E-state index >= 15 is 0 Å². The molecule has 0 bridgehead atoms. The second-order valence-electron chi connectivity index (χ2n) is 3.01. The lowest BCUT2D eigenvalue weighted by atomic mass is 10.1. The Labute approximate surface area is 100 Å². The van der Waals surface area contributed by atoms with Crippen molar-refractivity contribution in [2.24, 2.45) is 0 Å². The highest BCUT2D eigenvalue weighted by Gasteiger charge is 2.38. The molecule has 3 atom stereocenters. The van der Waals surface area contributed by atoms with Gasteiger partial charge in [-0.15, -0.1) is 0 Å². The largest absolute Gasteiger partial charge is 0.470 e. The first-order valence-electron chi connectivity index (χ1n) is 4.22. The molecule has 0 amide bonds. The molecule has 0 unspecified atom stereocenters. The summed E-state index contributed by atoms with van der Waals surface area (Å²) in [4.78, 5) is 44.5. The normalized spacial score (nSPS) is 18.1. The molecular formula is C5H12O11P2. The molecule has 0 saturated carbocycles. The Bertz CT molecular complexity index is 356. The summed E-state index contributed by atoms with van der Waals surface area (Å²) in [6.45, 7) is -1.08. The van der Waals surface area contributed by atoms with E-state index in [0.717, 1.165) is 0 Å². The highest BCUT2D eigenvalue weighted by molar-refractivity contribution is 7.46. The fraction of sp³-hybridized carbons (Fsp3) is 0.800. The predicted octanol–water partition coefficient (Wildman–Crippen LogP) is -2.51. The van der Waals surface area contributed by atoms with Gasteiger partial charge in [0.2, 0.25) is 0 Å². The van der Waals surface area contributed by atoms with Crippen molar-refractivity contribution in [3.8, 4) is 0 Å². The number of aliphatic hydroxyl groups excluding tert-OH is 2. The van der Waals surface area contributed by atoms with Crippen LogP contribution in [0.1, 0.15) is 0 Å². The van der Waals surface area contributed by atoms with Crippen LogP contribution in [0, 0.1) is 0 Å². The van der Waals surface area contributed by atoms with Crippen molar-refractivity contribution in [1.29, 1.82) is 0 Å². The summed E-state index contributed by atoms with van der Waals surface area (Å²) in [6, 6.07) is 0. The SMILES string of the molecule is O=C[C@H](OP(=O)(O)O)[C@@H](OP(=O)(O)O)[C@H](O)CO. The van der Waals surface area contributed by atoms with E-state index < -0.39 is 40.6 Å². The smallest absolute Gasteiger partial charge is 0.394 e. The lowest BCUT2D eigenvalue weighted by molar-refractivity contribution is -0.125. The van der Waals surface area contributed by atoms with Crippen molar-refractivity contribution in [3.63, 3.8) is 0 Å². The summed E-state index contributed by atoms with van der Waals surface area (Å²) in [6.07, 6.45) is -6.57. The zero-order valence-electron chi connectivity index (χ0n) is 8.64. The molecule has 0 spiro atoms. The summed E-state index contributed by atoms with van der Waals surface area (Å²) in [5.41, 5.74) is 0. The van der Waals surface area contributed by atoms with Crippen LogP contribution in [0.15, 0.2) is 0 Å². The van der Waals surface area contributed by atoms with Crippen LogP contribution in [0.25, 0.3) is 0 Å². The first kappa shape index (κ1) is 17.8. The van der Waals surface area contributed by atoms with E-state index in [-0.39, 0.29) is 6.29 Å². The van der Waals surface area contributed by atoms with Gasteiger partial charge in [0.25, 0.3) is 0 Å². The van der Waals surface area contributed by atoms with Gasteiger partial charge in [-0.1, -0.05) is 0 Å². The fourth-order valence-electron chi connectivity index (χ4n) is 0.932. The highest BCUT2D eigenvalue weighted by Crippen LogP contribution is 2.43. The minimum Gasteiger partial charge on any atom is -0.394 e. The molecule has 0 radical (unpaired) electrons. The zero-order valence-corrected chi connectivity index (χ0v) is 10.4. The maximum Gasteiger partial charge on any atom is 0.470 e. The molecule has 0 aromatic carbocycles. The van der Waals surface area contributed by atoms with Crippen LogP contribution in [0.4, 0.5) is 0 Å². The number of phosphoric acid groups is 2. The first-order valence-corrected chi connectivity index (χ1v) is 7.28. The minimum atomic E-state index is -5.18. The third-order valence-corrected chi connectivity index (χ3v) is 2.58. The second-order valence-corrected chi connectivity index (χ2v) is 5.39. The Morgan fingerprint density at radius 2 is 1.50 bits per heavy atom. The van der Waals surface area contributed by atoms with Crippen molar-refractivity contribution < 1.29 is 52.8 Å². The summed E-state index contributed by atoms with van der Waals surface area (Å²) in [5, 5.41) is 17.8. The lowest BCUT2D eigenvalue weighted by Gasteiger charge is -2.26. The standard InChI is InChI=1S/C5H12O11P2/c6-1-3(8)5(16-18(12,13)14)4(2-7)15-17(9,10)11/h2-6,8H,1H2,(H2,9,10,11)(H2,12,13,14)/t3-,4+,5+/m1/s1. The van der Waals surface area contributed by atoms with Crippen LogP contribution in [0.5, 0.6) is 0 Å². The predicted molar refractivity (Wildman–Crippen MR) is 53.0 cm³/mol. The fourth-order valence-corrected chi connectivity index (χ4v) is 2.00. The molecule has 0 fully saturated rings. The molecule has 11 nitrogen and oxygen atoms in total. The van der Waals surface area contributed by atoms with E-state index in [2.05, 4.69) is 9.05 Å². The summed E-state index contributed by atoms with van der Waals surface area (Å²) in [7, 11) is -10.3. The van der Waals surface area contributed by atoms with Gasteiger partial charge in [-0.05, 0) is 0 Å². The van der Waals surface area contributed by atoms with Gasteiger partial charge in [-0.25, -0.2) is 9.13 Å². The van der Waals surface area contributed by atoms with E-state index in [1.165, 1.54) is 0 Å². The average Bonchev–Trinajstić information content (AvgIpc) is 2.19. The van der Waals surface area contributed by atoms with E-state index in [9.17, 15) is 13.9 Å². The maximum absolute atomic E-state index is 10.6. The molecule has 0 aliphatic heterocycles. The Hall–Kier alpha value is -0.190. The molecule has 0 aromatic rings. The summed E-state index contributed by atoms with van der Waals surface area (Å²) >= 11 is 0. The molecule has 0 rings (SSSR count). The molecule has 18 heavy (non-hydrogen) atoms. The van der Waals surface area contributed by atoms with E-state index in [1.807, 2.05) is 0 Å². The van der Waals surface area contributed by atoms with Crippen LogP contribution in [-0.4, -0.2) is 61.0 Å². The van der Waals surface area contributed by atoms with Gasteiger partial charge < -0.3 is 34.6 Å². The van der Waals surface area contributed by atoms with Gasteiger partial charge in [-0.3, -0.25) is 9.05 Å². The maximum atomic E-state index is 10.6. The van der Waals surface area contributed by atoms with E-state index in [4.69, 9.17) is 29.8 Å². The molecule has 0 saturated heterocycles. The number of carbonyl (C=O) groups excluding carboxylic acids is 1. The number of carbonyl (C=O) groups is 1.